The quantitative estimate of drug-likeness (QED) is 0.700. The Hall–Kier alpha value is -2.93. The third-order valence-corrected chi connectivity index (χ3v) is 3.68. The van der Waals surface area contributed by atoms with Gasteiger partial charge in [-0.1, -0.05) is 12.1 Å². The van der Waals surface area contributed by atoms with Crippen LogP contribution in [0, 0.1) is 5.82 Å². The number of quaternary nitrogens is 1. The van der Waals surface area contributed by atoms with E-state index < -0.39 is 0 Å². The number of carbonyl (C=O) groups is 2. The lowest BCUT2D eigenvalue weighted by Gasteiger charge is -2.16. The summed E-state index contributed by atoms with van der Waals surface area (Å²) >= 11 is 0. The summed E-state index contributed by atoms with van der Waals surface area (Å²) in [5.41, 5.74) is 2.00. The first kappa shape index (κ1) is 19.4. The molecule has 0 saturated heterocycles. The van der Waals surface area contributed by atoms with Gasteiger partial charge in [-0.15, -0.1) is 0 Å². The number of halogens is 1. The number of benzene rings is 2. The molecule has 0 aliphatic carbocycles. The maximum Gasteiger partial charge on any atom is 0.279 e. The van der Waals surface area contributed by atoms with Crippen molar-refractivity contribution >= 4 is 23.2 Å². The predicted octanol–water partition coefficient (Wildman–Crippen LogP) is 1.45. The van der Waals surface area contributed by atoms with Crippen LogP contribution in [-0.2, 0) is 16.1 Å². The molecule has 0 saturated carbocycles. The van der Waals surface area contributed by atoms with E-state index in [4.69, 9.17) is 4.74 Å². The molecule has 0 heterocycles. The van der Waals surface area contributed by atoms with E-state index in [0.717, 1.165) is 10.5 Å². The zero-order valence-corrected chi connectivity index (χ0v) is 15.1. The molecule has 6 nitrogen and oxygen atoms in total. The second-order valence-corrected chi connectivity index (χ2v) is 6.08. The summed E-state index contributed by atoms with van der Waals surface area (Å²) in [7, 11) is 3.39. The van der Waals surface area contributed by atoms with Crippen LogP contribution in [0.15, 0.2) is 42.5 Å². The number of hydrogen-bond donors (Lipinski definition) is 3. The van der Waals surface area contributed by atoms with E-state index in [0.29, 0.717) is 23.7 Å². The van der Waals surface area contributed by atoms with Crippen molar-refractivity contribution in [3.8, 4) is 5.75 Å². The highest BCUT2D eigenvalue weighted by atomic mass is 19.1. The number of hydrogen-bond acceptors (Lipinski definition) is 3. The zero-order valence-electron chi connectivity index (χ0n) is 15.1. The van der Waals surface area contributed by atoms with Crippen LogP contribution in [0.3, 0.4) is 0 Å². The largest absolute Gasteiger partial charge is 0.495 e. The zero-order chi connectivity index (χ0) is 19.1. The lowest BCUT2D eigenvalue weighted by Crippen LogP contribution is -3.08. The first-order valence-electron chi connectivity index (χ1n) is 8.18. The number of carbonyl (C=O) groups excluding carboxylic acids is 2. The Morgan fingerprint density at radius 1 is 1.12 bits per heavy atom. The Kier molecular flexibility index (Phi) is 6.68. The topological polar surface area (TPSA) is 71.9 Å². The van der Waals surface area contributed by atoms with Gasteiger partial charge in [0.15, 0.2) is 6.54 Å². The normalized spacial score (nSPS) is 11.5. The summed E-state index contributed by atoms with van der Waals surface area (Å²) in [6.07, 6.45) is 0. The molecule has 26 heavy (non-hydrogen) atoms. The standard InChI is InChI=1S/C19H22FN3O3/c1-13(24)21-16-8-9-18(26-3)17(10-16)22-19(25)12-23(2)11-14-4-6-15(20)7-5-14/h4-10H,11-12H2,1-3H3,(H,21,24)(H,22,25)/p+1. The molecule has 2 amide bonds. The molecule has 0 aliphatic heterocycles. The molecule has 138 valence electrons. The van der Waals surface area contributed by atoms with Gasteiger partial charge >= 0.3 is 0 Å². The second-order valence-electron chi connectivity index (χ2n) is 6.08. The van der Waals surface area contributed by atoms with Gasteiger partial charge in [0.05, 0.1) is 19.8 Å². The molecule has 2 aromatic carbocycles. The predicted molar refractivity (Wildman–Crippen MR) is 97.8 cm³/mol. The van der Waals surface area contributed by atoms with Crippen LogP contribution in [0.2, 0.25) is 0 Å². The highest BCUT2D eigenvalue weighted by molar-refractivity contribution is 5.95. The fourth-order valence-corrected chi connectivity index (χ4v) is 2.57. The van der Waals surface area contributed by atoms with Crippen LogP contribution >= 0.6 is 0 Å². The Balaban J connectivity index is 1.99. The van der Waals surface area contributed by atoms with E-state index in [1.54, 1.807) is 30.3 Å². The van der Waals surface area contributed by atoms with Crippen molar-refractivity contribution in [2.45, 2.75) is 13.5 Å². The molecule has 0 aliphatic rings. The minimum absolute atomic E-state index is 0.192. The molecule has 0 bridgehead atoms. The van der Waals surface area contributed by atoms with E-state index >= 15 is 0 Å². The number of nitrogens with one attached hydrogen (secondary N) is 3. The molecule has 3 N–H and O–H groups in total. The molecule has 0 radical (unpaired) electrons. The SMILES string of the molecule is COc1ccc(NC(C)=O)cc1NC(=O)C[NH+](C)Cc1ccc(F)cc1. The summed E-state index contributed by atoms with van der Waals surface area (Å²) in [6, 6.07) is 11.2. The van der Waals surface area contributed by atoms with Crippen LogP contribution in [-0.4, -0.2) is 32.5 Å². The summed E-state index contributed by atoms with van der Waals surface area (Å²) < 4.78 is 18.2. The second kappa shape index (κ2) is 8.96. The van der Waals surface area contributed by atoms with Crippen molar-refractivity contribution in [2.75, 3.05) is 31.3 Å². The minimum atomic E-state index is -0.282. The highest BCUT2D eigenvalue weighted by Gasteiger charge is 2.14. The maximum atomic E-state index is 13.0. The molecule has 0 spiro atoms. The summed E-state index contributed by atoms with van der Waals surface area (Å²) in [5, 5.41) is 5.47. The molecule has 1 unspecified atom stereocenters. The van der Waals surface area contributed by atoms with Crippen molar-refractivity contribution in [1.29, 1.82) is 0 Å². The first-order valence-corrected chi connectivity index (χ1v) is 8.18. The van der Waals surface area contributed by atoms with Crippen molar-refractivity contribution in [2.24, 2.45) is 0 Å². The summed E-state index contributed by atoms with van der Waals surface area (Å²) in [5.74, 6) is -0.169. The number of ether oxygens (including phenoxy) is 1. The van der Waals surface area contributed by atoms with Crippen molar-refractivity contribution in [3.63, 3.8) is 0 Å². The molecule has 1 atom stereocenters. The number of amides is 2. The molecule has 7 heteroatoms. The number of anilines is 2. The minimum Gasteiger partial charge on any atom is -0.495 e. The Labute approximate surface area is 152 Å². The monoisotopic (exact) mass is 360 g/mol. The van der Waals surface area contributed by atoms with Gasteiger partial charge in [-0.25, -0.2) is 4.39 Å². The van der Waals surface area contributed by atoms with Gasteiger partial charge in [0.2, 0.25) is 5.91 Å². The van der Waals surface area contributed by atoms with Crippen LogP contribution in [0.5, 0.6) is 5.75 Å². The van der Waals surface area contributed by atoms with Gasteiger partial charge in [-0.05, 0) is 30.3 Å². The molecule has 0 fully saturated rings. The van der Waals surface area contributed by atoms with Gasteiger partial charge in [0.25, 0.3) is 5.91 Å². The van der Waals surface area contributed by atoms with Gasteiger partial charge < -0.3 is 20.3 Å². The smallest absolute Gasteiger partial charge is 0.279 e. The van der Waals surface area contributed by atoms with Gasteiger partial charge in [-0.3, -0.25) is 9.59 Å². The van der Waals surface area contributed by atoms with Crippen LogP contribution in [0.1, 0.15) is 12.5 Å². The first-order chi connectivity index (χ1) is 12.4. The van der Waals surface area contributed by atoms with E-state index in [2.05, 4.69) is 10.6 Å². The fraction of sp³-hybridized carbons (Fsp3) is 0.263. The molecular weight excluding hydrogens is 337 g/mol. The Bertz CT molecular complexity index is 778. The van der Waals surface area contributed by atoms with E-state index in [9.17, 15) is 14.0 Å². The van der Waals surface area contributed by atoms with Crippen LogP contribution in [0.4, 0.5) is 15.8 Å². The Morgan fingerprint density at radius 3 is 2.42 bits per heavy atom. The average molecular weight is 360 g/mol. The highest BCUT2D eigenvalue weighted by Crippen LogP contribution is 2.27. The number of rotatable bonds is 7. The van der Waals surface area contributed by atoms with E-state index in [1.807, 2.05) is 7.05 Å². The number of methoxy groups -OCH3 is 1. The van der Waals surface area contributed by atoms with Crippen molar-refractivity contribution in [1.82, 2.24) is 0 Å². The average Bonchev–Trinajstić information content (AvgIpc) is 2.56. The third-order valence-electron chi connectivity index (χ3n) is 3.68. The van der Waals surface area contributed by atoms with Crippen LogP contribution < -0.4 is 20.3 Å². The lowest BCUT2D eigenvalue weighted by molar-refractivity contribution is -0.885. The van der Waals surface area contributed by atoms with E-state index in [-0.39, 0.29) is 24.2 Å². The Morgan fingerprint density at radius 2 is 1.81 bits per heavy atom. The molecule has 0 aromatic heterocycles. The summed E-state index contributed by atoms with van der Waals surface area (Å²) in [6.45, 7) is 2.23. The fourth-order valence-electron chi connectivity index (χ4n) is 2.57. The summed E-state index contributed by atoms with van der Waals surface area (Å²) in [4.78, 5) is 24.5. The van der Waals surface area contributed by atoms with Crippen molar-refractivity contribution < 1.29 is 23.6 Å². The lowest BCUT2D eigenvalue weighted by atomic mass is 10.2. The molecular formula is C19H23FN3O3+. The molecule has 2 aromatic rings. The van der Waals surface area contributed by atoms with Crippen LogP contribution in [0.25, 0.3) is 0 Å². The van der Waals surface area contributed by atoms with Gasteiger partial charge in [0, 0.05) is 18.2 Å². The van der Waals surface area contributed by atoms with Crippen molar-refractivity contribution in [3.05, 3.63) is 53.8 Å². The van der Waals surface area contributed by atoms with Gasteiger partial charge in [0.1, 0.15) is 18.1 Å². The maximum absolute atomic E-state index is 13.0. The third kappa shape index (κ3) is 5.86. The molecule has 2 rings (SSSR count). The number of likely N-dealkylation sites (N-methyl/N-ethyl adjacent to an activating group) is 1. The van der Waals surface area contributed by atoms with E-state index in [1.165, 1.54) is 26.2 Å². The van der Waals surface area contributed by atoms with Gasteiger partial charge in [-0.2, -0.15) is 0 Å².